The maximum atomic E-state index is 14.7. The zero-order valence-electron chi connectivity index (χ0n) is 14.0. The molecule has 25 heavy (non-hydrogen) atoms. The SMILES string of the molecule is CN1CCC(Oc2cccc(NC(=O)c3ccccc3Br)c2F)CC1. The van der Waals surface area contributed by atoms with E-state index in [0.717, 1.165) is 25.9 Å². The van der Waals surface area contributed by atoms with Crippen LogP contribution in [0.25, 0.3) is 0 Å². The van der Waals surface area contributed by atoms with Crippen molar-refractivity contribution >= 4 is 27.5 Å². The zero-order valence-corrected chi connectivity index (χ0v) is 15.6. The molecule has 1 N–H and O–H groups in total. The first kappa shape index (κ1) is 17.9. The van der Waals surface area contributed by atoms with Gasteiger partial charge >= 0.3 is 0 Å². The molecule has 1 heterocycles. The highest BCUT2D eigenvalue weighted by molar-refractivity contribution is 9.10. The quantitative estimate of drug-likeness (QED) is 0.821. The lowest BCUT2D eigenvalue weighted by atomic mass is 10.1. The highest BCUT2D eigenvalue weighted by atomic mass is 79.9. The van der Waals surface area contributed by atoms with Crippen LogP contribution in [0.2, 0.25) is 0 Å². The van der Waals surface area contributed by atoms with E-state index in [2.05, 4.69) is 33.2 Å². The Morgan fingerprint density at radius 3 is 2.64 bits per heavy atom. The van der Waals surface area contributed by atoms with Crippen molar-refractivity contribution in [3.05, 3.63) is 58.3 Å². The highest BCUT2D eigenvalue weighted by Gasteiger charge is 2.21. The van der Waals surface area contributed by atoms with Gasteiger partial charge in [0.15, 0.2) is 11.6 Å². The van der Waals surface area contributed by atoms with Crippen LogP contribution in [0.3, 0.4) is 0 Å². The van der Waals surface area contributed by atoms with E-state index < -0.39 is 5.82 Å². The zero-order chi connectivity index (χ0) is 17.8. The molecule has 0 atom stereocenters. The molecule has 3 rings (SSSR count). The lowest BCUT2D eigenvalue weighted by Gasteiger charge is -2.29. The number of amides is 1. The summed E-state index contributed by atoms with van der Waals surface area (Å²) in [6, 6.07) is 11.8. The summed E-state index contributed by atoms with van der Waals surface area (Å²) in [7, 11) is 2.06. The number of likely N-dealkylation sites (tertiary alicyclic amines) is 1. The van der Waals surface area contributed by atoms with Crippen molar-refractivity contribution in [1.29, 1.82) is 0 Å². The molecule has 1 aliphatic rings. The number of ether oxygens (including phenoxy) is 1. The van der Waals surface area contributed by atoms with Crippen molar-refractivity contribution in [3.8, 4) is 5.75 Å². The molecule has 1 saturated heterocycles. The van der Waals surface area contributed by atoms with Crippen LogP contribution in [-0.4, -0.2) is 37.0 Å². The molecule has 2 aromatic carbocycles. The first-order valence-electron chi connectivity index (χ1n) is 8.24. The maximum absolute atomic E-state index is 14.7. The fraction of sp³-hybridized carbons (Fsp3) is 0.316. The molecule has 0 bridgehead atoms. The minimum atomic E-state index is -0.540. The maximum Gasteiger partial charge on any atom is 0.256 e. The van der Waals surface area contributed by atoms with E-state index in [9.17, 15) is 9.18 Å². The van der Waals surface area contributed by atoms with Gasteiger partial charge in [-0.1, -0.05) is 18.2 Å². The average Bonchev–Trinajstić information content (AvgIpc) is 2.60. The first-order valence-corrected chi connectivity index (χ1v) is 9.03. The second kappa shape index (κ2) is 7.97. The molecule has 1 aliphatic heterocycles. The Hall–Kier alpha value is -1.92. The smallest absolute Gasteiger partial charge is 0.256 e. The average molecular weight is 407 g/mol. The minimum Gasteiger partial charge on any atom is -0.487 e. The molecule has 1 amide bonds. The third kappa shape index (κ3) is 4.38. The minimum absolute atomic E-state index is 0.0000747. The summed E-state index contributed by atoms with van der Waals surface area (Å²) in [5, 5.41) is 2.62. The van der Waals surface area contributed by atoms with E-state index >= 15 is 0 Å². The van der Waals surface area contributed by atoms with E-state index in [1.165, 1.54) is 6.07 Å². The van der Waals surface area contributed by atoms with Gasteiger partial charge in [-0.05, 0) is 60.1 Å². The Kier molecular flexibility index (Phi) is 5.71. The number of nitrogens with zero attached hydrogens (tertiary/aromatic N) is 1. The highest BCUT2D eigenvalue weighted by Crippen LogP contribution is 2.28. The number of piperidine rings is 1. The first-order chi connectivity index (χ1) is 12.0. The Labute approximate surface area is 155 Å². The van der Waals surface area contributed by atoms with Crippen LogP contribution in [-0.2, 0) is 0 Å². The van der Waals surface area contributed by atoms with Gasteiger partial charge in [0.25, 0.3) is 5.91 Å². The number of carbonyl (C=O) groups excluding carboxylic acids is 1. The molecule has 2 aromatic rings. The van der Waals surface area contributed by atoms with Crippen molar-refractivity contribution < 1.29 is 13.9 Å². The van der Waals surface area contributed by atoms with Gasteiger partial charge in [0, 0.05) is 17.6 Å². The number of hydrogen-bond donors (Lipinski definition) is 1. The van der Waals surface area contributed by atoms with Gasteiger partial charge in [-0.2, -0.15) is 0 Å². The predicted molar refractivity (Wildman–Crippen MR) is 99.6 cm³/mol. The largest absolute Gasteiger partial charge is 0.487 e. The molecule has 0 saturated carbocycles. The second-order valence-corrected chi connectivity index (χ2v) is 7.03. The number of nitrogens with one attached hydrogen (secondary N) is 1. The Morgan fingerprint density at radius 1 is 1.20 bits per heavy atom. The summed E-state index contributed by atoms with van der Waals surface area (Å²) in [6.07, 6.45) is 1.73. The van der Waals surface area contributed by atoms with Gasteiger partial charge in [-0.15, -0.1) is 0 Å². The molecule has 1 fully saturated rings. The van der Waals surface area contributed by atoms with E-state index in [0.29, 0.717) is 10.0 Å². The van der Waals surface area contributed by atoms with Gasteiger partial charge in [-0.25, -0.2) is 4.39 Å². The topological polar surface area (TPSA) is 41.6 Å². The fourth-order valence-electron chi connectivity index (χ4n) is 2.82. The summed E-state index contributed by atoms with van der Waals surface area (Å²) in [6.45, 7) is 1.87. The second-order valence-electron chi connectivity index (χ2n) is 6.17. The van der Waals surface area contributed by atoms with Crippen molar-refractivity contribution in [2.24, 2.45) is 0 Å². The van der Waals surface area contributed by atoms with Crippen LogP contribution in [0.4, 0.5) is 10.1 Å². The fourth-order valence-corrected chi connectivity index (χ4v) is 3.28. The number of carbonyl (C=O) groups is 1. The van der Waals surface area contributed by atoms with Crippen molar-refractivity contribution in [2.75, 3.05) is 25.5 Å². The number of anilines is 1. The van der Waals surface area contributed by atoms with Crippen molar-refractivity contribution in [1.82, 2.24) is 4.90 Å². The number of hydrogen-bond acceptors (Lipinski definition) is 3. The molecule has 0 spiro atoms. The molecule has 0 aliphatic carbocycles. The van der Waals surface area contributed by atoms with Crippen molar-refractivity contribution in [3.63, 3.8) is 0 Å². The van der Waals surface area contributed by atoms with Gasteiger partial charge < -0.3 is 15.0 Å². The lowest BCUT2D eigenvalue weighted by Crippen LogP contribution is -2.35. The van der Waals surface area contributed by atoms with E-state index in [4.69, 9.17) is 4.74 Å². The molecule has 0 aromatic heterocycles. The normalized spacial score (nSPS) is 15.8. The third-order valence-corrected chi connectivity index (χ3v) is 4.98. The van der Waals surface area contributed by atoms with E-state index in [-0.39, 0.29) is 23.4 Å². The predicted octanol–water partition coefficient (Wildman–Crippen LogP) is 4.31. The third-order valence-electron chi connectivity index (χ3n) is 4.29. The Morgan fingerprint density at radius 2 is 1.92 bits per heavy atom. The molecular weight excluding hydrogens is 387 g/mol. The molecule has 6 heteroatoms. The number of benzene rings is 2. The van der Waals surface area contributed by atoms with Crippen LogP contribution in [0, 0.1) is 5.82 Å². The van der Waals surface area contributed by atoms with Crippen LogP contribution in [0.15, 0.2) is 46.9 Å². The van der Waals surface area contributed by atoms with Gasteiger partial charge in [0.05, 0.1) is 11.3 Å². The molecule has 132 valence electrons. The summed E-state index contributed by atoms with van der Waals surface area (Å²) in [4.78, 5) is 14.6. The monoisotopic (exact) mass is 406 g/mol. The van der Waals surface area contributed by atoms with Gasteiger partial charge in [-0.3, -0.25) is 4.79 Å². The Balaban J connectivity index is 1.73. The van der Waals surface area contributed by atoms with Gasteiger partial charge in [0.1, 0.15) is 6.10 Å². The van der Waals surface area contributed by atoms with Gasteiger partial charge in [0.2, 0.25) is 0 Å². The molecule has 0 unspecified atom stereocenters. The summed E-state index contributed by atoms with van der Waals surface area (Å²) < 4.78 is 21.2. The Bertz CT molecular complexity index is 761. The van der Waals surface area contributed by atoms with Crippen LogP contribution < -0.4 is 10.1 Å². The van der Waals surface area contributed by atoms with Crippen molar-refractivity contribution in [2.45, 2.75) is 18.9 Å². The van der Waals surface area contributed by atoms with Crippen LogP contribution in [0.5, 0.6) is 5.75 Å². The van der Waals surface area contributed by atoms with Crippen LogP contribution >= 0.6 is 15.9 Å². The number of halogens is 2. The summed E-state index contributed by atoms with van der Waals surface area (Å²) >= 11 is 3.33. The summed E-state index contributed by atoms with van der Waals surface area (Å²) in [5.74, 6) is -0.732. The molecule has 0 radical (unpaired) electrons. The van der Waals surface area contributed by atoms with E-state index in [1.54, 1.807) is 30.3 Å². The molecular formula is C19H20BrFN2O2. The standard InChI is InChI=1S/C19H20BrFN2O2/c1-23-11-9-13(10-12-23)25-17-8-4-7-16(18(17)21)22-19(24)14-5-2-3-6-15(14)20/h2-8,13H,9-12H2,1H3,(H,22,24). The molecule has 4 nitrogen and oxygen atoms in total. The lowest BCUT2D eigenvalue weighted by molar-refractivity contribution is 0.102. The number of rotatable bonds is 4. The summed E-state index contributed by atoms with van der Waals surface area (Å²) in [5.41, 5.74) is 0.565. The van der Waals surface area contributed by atoms with Crippen LogP contribution in [0.1, 0.15) is 23.2 Å². The van der Waals surface area contributed by atoms with E-state index in [1.807, 2.05) is 6.07 Å².